The van der Waals surface area contributed by atoms with E-state index in [0.29, 0.717) is 17.9 Å². The van der Waals surface area contributed by atoms with E-state index >= 15 is 0 Å². The van der Waals surface area contributed by atoms with E-state index in [1.165, 1.54) is 6.92 Å². The van der Waals surface area contributed by atoms with E-state index < -0.39 is 17.9 Å². The molecule has 0 spiro atoms. The summed E-state index contributed by atoms with van der Waals surface area (Å²) in [5.41, 5.74) is 0. The van der Waals surface area contributed by atoms with Crippen LogP contribution in [0.4, 0.5) is 0 Å². The van der Waals surface area contributed by atoms with Crippen LogP contribution in [0.25, 0.3) is 0 Å². The number of β-amino-alcohol motifs (C(OH)–C–C–N with tert-alkyl or cyclic N) is 1. The van der Waals surface area contributed by atoms with E-state index in [0.717, 1.165) is 0 Å². The quantitative estimate of drug-likeness (QED) is 0.411. The minimum absolute atomic E-state index is 0.0726. The van der Waals surface area contributed by atoms with Gasteiger partial charge in [-0.1, -0.05) is 0 Å². The number of nitrogens with one attached hydrogen (secondary N) is 1. The lowest BCUT2D eigenvalue weighted by Gasteiger charge is -2.34. The Morgan fingerprint density at radius 2 is 2.29 bits per heavy atom. The summed E-state index contributed by atoms with van der Waals surface area (Å²) in [5, 5.41) is 31.4. The van der Waals surface area contributed by atoms with E-state index in [2.05, 4.69) is 5.32 Å². The normalized spacial score (nSPS) is 35.0. The molecule has 6 heteroatoms. The summed E-state index contributed by atoms with van der Waals surface area (Å²) in [5.74, 6) is -2.17. The molecule has 0 radical (unpaired) electrons. The topological polar surface area (TPSA) is 93.0 Å². The third-order valence-electron chi connectivity index (χ3n) is 2.25. The second-order valence-electron chi connectivity index (χ2n) is 3.63. The van der Waals surface area contributed by atoms with Crippen LogP contribution >= 0.6 is 0 Å². The maximum atomic E-state index is 10.8. The van der Waals surface area contributed by atoms with Gasteiger partial charge in [-0.25, -0.2) is 0 Å². The minimum atomic E-state index is -1.75. The highest BCUT2D eigenvalue weighted by atomic mass is 16.6. The molecular formula is C8H16N2O4. The summed E-state index contributed by atoms with van der Waals surface area (Å²) in [4.78, 5) is 10.8. The van der Waals surface area contributed by atoms with Gasteiger partial charge in [0.25, 0.3) is 0 Å². The van der Waals surface area contributed by atoms with Crippen LogP contribution in [-0.2, 0) is 4.79 Å². The van der Waals surface area contributed by atoms with Gasteiger partial charge >= 0.3 is 0 Å². The van der Waals surface area contributed by atoms with E-state index in [1.54, 1.807) is 0 Å². The van der Waals surface area contributed by atoms with Gasteiger partial charge in [0.2, 0.25) is 11.8 Å². The molecule has 0 saturated carbocycles. The van der Waals surface area contributed by atoms with Gasteiger partial charge in [0, 0.05) is 13.3 Å². The molecule has 0 aromatic heterocycles. The van der Waals surface area contributed by atoms with Crippen molar-refractivity contribution >= 4 is 5.91 Å². The minimum Gasteiger partial charge on any atom is -0.392 e. The molecule has 0 aromatic rings. The largest absolute Gasteiger partial charge is 0.392 e. The highest BCUT2D eigenvalue weighted by molar-refractivity contribution is 5.73. The lowest BCUT2D eigenvalue weighted by atomic mass is 10.1. The first-order valence-electron chi connectivity index (χ1n) is 4.60. The Morgan fingerprint density at radius 1 is 1.64 bits per heavy atom. The second kappa shape index (κ2) is 4.22. The zero-order valence-corrected chi connectivity index (χ0v) is 8.10. The number of hydroxylamine groups is 2. The number of carbonyl (C=O) groups is 1. The highest BCUT2D eigenvalue weighted by Gasteiger charge is 2.37. The molecule has 1 rings (SSSR count). The van der Waals surface area contributed by atoms with E-state index in [4.69, 9.17) is 0 Å². The summed E-state index contributed by atoms with van der Waals surface area (Å²) >= 11 is 0. The van der Waals surface area contributed by atoms with Crippen LogP contribution < -0.4 is 5.32 Å². The van der Waals surface area contributed by atoms with Gasteiger partial charge in [-0.2, -0.15) is 0 Å². The maximum absolute atomic E-state index is 10.8. The molecule has 2 atom stereocenters. The zero-order chi connectivity index (χ0) is 10.8. The fourth-order valence-corrected chi connectivity index (χ4v) is 1.56. The van der Waals surface area contributed by atoms with Gasteiger partial charge in [0.1, 0.15) is 0 Å². The van der Waals surface area contributed by atoms with E-state index in [-0.39, 0.29) is 13.0 Å². The van der Waals surface area contributed by atoms with Crippen LogP contribution in [0.3, 0.4) is 0 Å². The fraction of sp³-hybridized carbons (Fsp3) is 0.875. The van der Waals surface area contributed by atoms with Crippen LogP contribution in [0.5, 0.6) is 0 Å². The van der Waals surface area contributed by atoms with Crippen molar-refractivity contribution in [2.75, 3.05) is 6.54 Å². The summed E-state index contributed by atoms with van der Waals surface area (Å²) in [7, 11) is 0. The standard InChI is InChI=1S/C8H16N2O4/c1-6(11)9-8(13)4-2-3-7(12)5-10(8)14/h7,12-14H,2-5H2,1H3,(H,9,11)/t7-,8?/m1/s1. The Balaban J connectivity index is 2.69. The summed E-state index contributed by atoms with van der Waals surface area (Å²) in [6.45, 7) is 1.18. The first-order valence-corrected chi connectivity index (χ1v) is 4.60. The van der Waals surface area contributed by atoms with Gasteiger partial charge in [0.15, 0.2) is 0 Å². The molecule has 1 amide bonds. The molecule has 1 heterocycles. The Morgan fingerprint density at radius 3 is 2.86 bits per heavy atom. The Bertz CT molecular complexity index is 223. The molecule has 1 fully saturated rings. The van der Waals surface area contributed by atoms with Crippen LogP contribution in [0.15, 0.2) is 0 Å². The number of hydrogen-bond donors (Lipinski definition) is 4. The SMILES string of the molecule is CC(=O)NC1(O)CCC[C@@H](O)CN1O. The number of hydrogen-bond acceptors (Lipinski definition) is 5. The van der Waals surface area contributed by atoms with Crippen molar-refractivity contribution in [1.82, 2.24) is 10.4 Å². The molecule has 4 N–H and O–H groups in total. The third-order valence-corrected chi connectivity index (χ3v) is 2.25. The van der Waals surface area contributed by atoms with Gasteiger partial charge < -0.3 is 20.7 Å². The molecule has 14 heavy (non-hydrogen) atoms. The predicted octanol–water partition coefficient (Wildman–Crippen LogP) is -0.995. The monoisotopic (exact) mass is 204 g/mol. The van der Waals surface area contributed by atoms with Crippen molar-refractivity contribution in [3.8, 4) is 0 Å². The Kier molecular flexibility index (Phi) is 3.43. The van der Waals surface area contributed by atoms with Crippen molar-refractivity contribution < 1.29 is 20.2 Å². The molecule has 6 nitrogen and oxygen atoms in total. The molecule has 1 unspecified atom stereocenters. The first-order chi connectivity index (χ1) is 6.44. The molecule has 1 saturated heterocycles. The molecular weight excluding hydrogens is 188 g/mol. The van der Waals surface area contributed by atoms with Crippen LogP contribution in [-0.4, -0.2) is 44.9 Å². The fourth-order valence-electron chi connectivity index (χ4n) is 1.56. The number of aliphatic hydroxyl groups excluding tert-OH is 1. The number of nitrogens with zero attached hydrogens (tertiary/aromatic N) is 1. The lowest BCUT2D eigenvalue weighted by molar-refractivity contribution is -0.278. The van der Waals surface area contributed by atoms with Crippen LogP contribution in [0, 0.1) is 0 Å². The zero-order valence-electron chi connectivity index (χ0n) is 8.10. The van der Waals surface area contributed by atoms with Gasteiger partial charge in [-0.3, -0.25) is 4.79 Å². The number of aliphatic hydroxyl groups is 2. The van der Waals surface area contributed by atoms with Crippen LogP contribution in [0.2, 0.25) is 0 Å². The van der Waals surface area contributed by atoms with E-state index in [9.17, 15) is 20.2 Å². The number of amides is 1. The second-order valence-corrected chi connectivity index (χ2v) is 3.63. The maximum Gasteiger partial charge on any atom is 0.220 e. The van der Waals surface area contributed by atoms with Gasteiger partial charge in [-0.15, -0.1) is 5.06 Å². The van der Waals surface area contributed by atoms with E-state index in [1.807, 2.05) is 0 Å². The molecule has 1 aliphatic heterocycles. The molecule has 0 bridgehead atoms. The lowest BCUT2D eigenvalue weighted by Crippen LogP contribution is -2.59. The first kappa shape index (κ1) is 11.4. The van der Waals surface area contributed by atoms with Crippen molar-refractivity contribution in [3.05, 3.63) is 0 Å². The average molecular weight is 204 g/mol. The van der Waals surface area contributed by atoms with Crippen molar-refractivity contribution in [1.29, 1.82) is 0 Å². The molecule has 1 aliphatic rings. The molecule has 0 aromatic carbocycles. The number of carbonyl (C=O) groups excluding carboxylic acids is 1. The highest BCUT2D eigenvalue weighted by Crippen LogP contribution is 2.21. The van der Waals surface area contributed by atoms with Gasteiger partial charge in [0.05, 0.1) is 12.6 Å². The average Bonchev–Trinajstić information content (AvgIpc) is 2.11. The summed E-state index contributed by atoms with van der Waals surface area (Å²) < 4.78 is 0. The van der Waals surface area contributed by atoms with Crippen molar-refractivity contribution in [2.24, 2.45) is 0 Å². The Hall–Kier alpha value is -0.690. The molecule has 82 valence electrons. The van der Waals surface area contributed by atoms with Crippen molar-refractivity contribution in [3.63, 3.8) is 0 Å². The van der Waals surface area contributed by atoms with Crippen molar-refractivity contribution in [2.45, 2.75) is 38.1 Å². The Labute approximate surface area is 82.1 Å². The van der Waals surface area contributed by atoms with Crippen LogP contribution in [0.1, 0.15) is 26.2 Å². The molecule has 0 aliphatic carbocycles. The predicted molar refractivity (Wildman–Crippen MR) is 47.1 cm³/mol. The summed E-state index contributed by atoms with van der Waals surface area (Å²) in [6.07, 6.45) is 0.552. The third kappa shape index (κ3) is 2.65. The van der Waals surface area contributed by atoms with Gasteiger partial charge in [-0.05, 0) is 12.8 Å². The number of rotatable bonds is 1. The summed E-state index contributed by atoms with van der Waals surface area (Å²) in [6, 6.07) is 0. The smallest absolute Gasteiger partial charge is 0.220 e.